The van der Waals surface area contributed by atoms with Crippen LogP contribution < -0.4 is 15.1 Å². The van der Waals surface area contributed by atoms with Gasteiger partial charge in [0.15, 0.2) is 22.8 Å². The Hall–Kier alpha value is -4.20. The van der Waals surface area contributed by atoms with Gasteiger partial charge in [0.1, 0.15) is 18.2 Å². The number of nitrogens with one attached hydrogen (secondary N) is 1. The Labute approximate surface area is 212 Å². The van der Waals surface area contributed by atoms with Crippen molar-refractivity contribution < 1.29 is 24.6 Å². The summed E-state index contributed by atoms with van der Waals surface area (Å²) in [4.78, 5) is 36.1. The normalized spacial score (nSPS) is 14.4. The van der Waals surface area contributed by atoms with Crippen LogP contribution in [0.1, 0.15) is 5.82 Å². The van der Waals surface area contributed by atoms with Gasteiger partial charge in [-0.2, -0.15) is 0 Å². The molecule has 4 rings (SSSR count). The van der Waals surface area contributed by atoms with Gasteiger partial charge in [-0.1, -0.05) is 12.1 Å². The third-order valence-electron chi connectivity index (χ3n) is 5.61. The quantitative estimate of drug-likeness (QED) is 0.156. The predicted molar refractivity (Wildman–Crippen MR) is 137 cm³/mol. The van der Waals surface area contributed by atoms with Crippen LogP contribution in [0.15, 0.2) is 46.0 Å². The molecule has 0 saturated carbocycles. The van der Waals surface area contributed by atoms with Crippen LogP contribution in [0.25, 0.3) is 22.6 Å². The van der Waals surface area contributed by atoms with Crippen molar-refractivity contribution in [1.82, 2.24) is 25.0 Å². The summed E-state index contributed by atoms with van der Waals surface area (Å²) in [5.41, 5.74) is 3.59. The maximum atomic E-state index is 11.7. The van der Waals surface area contributed by atoms with E-state index in [4.69, 9.17) is 34.7 Å². The molecule has 0 bridgehead atoms. The number of hydrogen-bond acceptors (Lipinski definition) is 11. The second-order valence-electron chi connectivity index (χ2n) is 8.01. The predicted octanol–water partition coefficient (Wildman–Crippen LogP) is 0.899. The van der Waals surface area contributed by atoms with Crippen molar-refractivity contribution in [2.45, 2.75) is 6.54 Å². The SMILES string of the molecule is C=N/C=C(\C=NCc1nc2c(N3CCOCC3)nc(-c3cccc(OCCO)c3)nc2n1C)C(=O)NO. The number of hydrogen-bond donors (Lipinski definition) is 3. The van der Waals surface area contributed by atoms with E-state index in [1.54, 1.807) is 5.48 Å². The van der Waals surface area contributed by atoms with Crippen molar-refractivity contribution in [1.29, 1.82) is 0 Å². The van der Waals surface area contributed by atoms with Gasteiger partial charge in [-0.15, -0.1) is 0 Å². The summed E-state index contributed by atoms with van der Waals surface area (Å²) in [6, 6.07) is 7.38. The van der Waals surface area contributed by atoms with Crippen LogP contribution in [-0.2, 0) is 23.1 Å². The molecule has 13 heteroatoms. The van der Waals surface area contributed by atoms with Crippen LogP contribution in [0, 0.1) is 0 Å². The fraction of sp³-hybridized carbons (Fsp3) is 0.333. The van der Waals surface area contributed by atoms with Gasteiger partial charge in [0.25, 0.3) is 5.91 Å². The summed E-state index contributed by atoms with van der Waals surface area (Å²) >= 11 is 0. The molecule has 3 heterocycles. The molecule has 1 aliphatic heterocycles. The molecular formula is C24H28N8O5. The average Bonchev–Trinajstić information content (AvgIpc) is 3.26. The number of benzene rings is 1. The number of carbonyl (C=O) groups is 1. The number of hydroxylamine groups is 1. The van der Waals surface area contributed by atoms with E-state index < -0.39 is 5.91 Å². The van der Waals surface area contributed by atoms with Crippen molar-refractivity contribution >= 4 is 35.8 Å². The van der Waals surface area contributed by atoms with Gasteiger partial charge in [-0.25, -0.2) is 20.4 Å². The Bertz CT molecular complexity index is 1330. The van der Waals surface area contributed by atoms with Gasteiger partial charge >= 0.3 is 0 Å². The zero-order valence-electron chi connectivity index (χ0n) is 20.4. The summed E-state index contributed by atoms with van der Waals surface area (Å²) in [5, 5.41) is 18.0. The smallest absolute Gasteiger partial charge is 0.277 e. The monoisotopic (exact) mass is 508 g/mol. The molecule has 0 spiro atoms. The number of aliphatic hydroxyl groups excluding tert-OH is 1. The number of morpholine rings is 1. The molecule has 1 amide bonds. The van der Waals surface area contributed by atoms with Crippen molar-refractivity contribution in [3.63, 3.8) is 0 Å². The van der Waals surface area contributed by atoms with Crippen molar-refractivity contribution in [2.24, 2.45) is 17.0 Å². The molecule has 0 radical (unpaired) electrons. The van der Waals surface area contributed by atoms with E-state index in [9.17, 15) is 4.79 Å². The minimum Gasteiger partial charge on any atom is -0.491 e. The highest BCUT2D eigenvalue weighted by Gasteiger charge is 2.22. The Morgan fingerprint density at radius 2 is 2.11 bits per heavy atom. The standard InChI is InChI=1S/C24H28N8O5/c1-25-13-17(24(34)30-35)14-26-15-19-27-20-22(31(19)2)28-21(29-23(20)32-6-9-36-10-7-32)16-4-3-5-18(12-16)37-11-8-33/h3-5,12-14,33,35H,1,6-11,15H2,2H3,(H,30,34)/b17-13+,26-14?. The first-order valence-electron chi connectivity index (χ1n) is 11.6. The van der Waals surface area contributed by atoms with Crippen LogP contribution in [0.4, 0.5) is 5.82 Å². The molecule has 1 saturated heterocycles. The molecule has 2 aromatic heterocycles. The van der Waals surface area contributed by atoms with Crippen LogP contribution in [-0.4, -0.2) is 88.2 Å². The van der Waals surface area contributed by atoms with Crippen LogP contribution in [0.5, 0.6) is 5.75 Å². The zero-order valence-corrected chi connectivity index (χ0v) is 20.4. The average molecular weight is 509 g/mol. The third kappa shape index (κ3) is 5.97. The molecule has 1 aliphatic rings. The number of carbonyl (C=O) groups excluding carboxylic acids is 1. The number of aryl methyl sites for hydroxylation is 1. The molecule has 1 aromatic carbocycles. The van der Waals surface area contributed by atoms with Gasteiger partial charge in [0, 0.05) is 38.1 Å². The third-order valence-corrected chi connectivity index (χ3v) is 5.61. The number of amides is 1. The van der Waals surface area contributed by atoms with E-state index in [1.165, 1.54) is 12.4 Å². The second kappa shape index (κ2) is 12.2. The first-order chi connectivity index (χ1) is 18.0. The van der Waals surface area contributed by atoms with Gasteiger partial charge in [-0.3, -0.25) is 20.0 Å². The highest BCUT2D eigenvalue weighted by Crippen LogP contribution is 2.29. The molecule has 3 N–H and O–H groups in total. The highest BCUT2D eigenvalue weighted by atomic mass is 16.5. The number of aliphatic imine (C=N–C) groups is 2. The van der Waals surface area contributed by atoms with Crippen LogP contribution in [0.3, 0.4) is 0 Å². The van der Waals surface area contributed by atoms with E-state index in [2.05, 4.69) is 21.6 Å². The molecule has 0 atom stereocenters. The molecule has 0 aliphatic carbocycles. The largest absolute Gasteiger partial charge is 0.491 e. The Morgan fingerprint density at radius 1 is 1.30 bits per heavy atom. The van der Waals surface area contributed by atoms with Crippen LogP contribution >= 0.6 is 0 Å². The van der Waals surface area contributed by atoms with E-state index >= 15 is 0 Å². The number of nitrogens with zero attached hydrogens (tertiary/aromatic N) is 7. The molecular weight excluding hydrogens is 480 g/mol. The minimum atomic E-state index is -0.753. The highest BCUT2D eigenvalue weighted by molar-refractivity contribution is 6.11. The van der Waals surface area contributed by atoms with Crippen LogP contribution in [0.2, 0.25) is 0 Å². The van der Waals surface area contributed by atoms with Crippen molar-refractivity contribution in [3.05, 3.63) is 41.9 Å². The molecule has 37 heavy (non-hydrogen) atoms. The number of ether oxygens (including phenoxy) is 2. The van der Waals surface area contributed by atoms with Gasteiger partial charge in [0.05, 0.1) is 31.9 Å². The topological polar surface area (TPSA) is 160 Å². The molecule has 1 fully saturated rings. The van der Waals surface area contributed by atoms with Crippen molar-refractivity contribution in [3.8, 4) is 17.1 Å². The Morgan fingerprint density at radius 3 is 2.84 bits per heavy atom. The lowest BCUT2D eigenvalue weighted by Gasteiger charge is -2.28. The van der Waals surface area contributed by atoms with Gasteiger partial charge in [0.2, 0.25) is 0 Å². The fourth-order valence-corrected chi connectivity index (χ4v) is 3.79. The molecule has 13 nitrogen and oxygen atoms in total. The lowest BCUT2D eigenvalue weighted by Crippen LogP contribution is -2.37. The summed E-state index contributed by atoms with van der Waals surface area (Å²) in [5.74, 6) is 1.64. The minimum absolute atomic E-state index is 0.0376. The molecule has 0 unspecified atom stereocenters. The second-order valence-corrected chi connectivity index (χ2v) is 8.01. The van der Waals surface area contributed by atoms with E-state index in [0.29, 0.717) is 60.7 Å². The first kappa shape index (κ1) is 25.9. The lowest BCUT2D eigenvalue weighted by atomic mass is 10.2. The summed E-state index contributed by atoms with van der Waals surface area (Å²) in [6.07, 6.45) is 2.48. The summed E-state index contributed by atoms with van der Waals surface area (Å²) < 4.78 is 12.9. The maximum Gasteiger partial charge on any atom is 0.277 e. The first-order valence-corrected chi connectivity index (χ1v) is 11.6. The van der Waals surface area contributed by atoms with E-state index in [1.807, 2.05) is 35.9 Å². The number of rotatable bonds is 10. The molecule has 3 aromatic rings. The molecule has 194 valence electrons. The van der Waals surface area contributed by atoms with Crippen molar-refractivity contribution in [2.75, 3.05) is 44.4 Å². The number of anilines is 1. The number of aliphatic hydroxyl groups is 1. The number of imidazole rings is 1. The Kier molecular flexibility index (Phi) is 8.51. The summed E-state index contributed by atoms with van der Waals surface area (Å²) in [6.45, 7) is 6.04. The van der Waals surface area contributed by atoms with E-state index in [0.717, 1.165) is 5.56 Å². The van der Waals surface area contributed by atoms with Gasteiger partial charge < -0.3 is 24.0 Å². The maximum absolute atomic E-state index is 11.7. The fourth-order valence-electron chi connectivity index (χ4n) is 3.79. The number of aromatic nitrogens is 4. The number of fused-ring (bicyclic) bond motifs is 1. The lowest BCUT2D eigenvalue weighted by molar-refractivity contribution is -0.124. The summed E-state index contributed by atoms with van der Waals surface area (Å²) in [7, 11) is 1.84. The van der Waals surface area contributed by atoms with Gasteiger partial charge in [-0.05, 0) is 18.9 Å². The Balaban J connectivity index is 1.74. The zero-order chi connectivity index (χ0) is 26.2. The van der Waals surface area contributed by atoms with E-state index in [-0.39, 0.29) is 25.3 Å².